The number of rotatable bonds is 6. The van der Waals surface area contributed by atoms with Crippen molar-refractivity contribution in [2.45, 2.75) is 51.0 Å². The van der Waals surface area contributed by atoms with E-state index in [1.165, 1.54) is 0 Å². The quantitative estimate of drug-likeness (QED) is 0.584. The molecule has 1 saturated carbocycles. The van der Waals surface area contributed by atoms with E-state index < -0.39 is 5.41 Å². The van der Waals surface area contributed by atoms with Crippen LogP contribution >= 0.6 is 0 Å². The summed E-state index contributed by atoms with van der Waals surface area (Å²) >= 11 is 0. The highest BCUT2D eigenvalue weighted by Crippen LogP contribution is 2.48. The van der Waals surface area contributed by atoms with Gasteiger partial charge in [-0.2, -0.15) is 4.58 Å². The third-order valence-electron chi connectivity index (χ3n) is 7.28. The van der Waals surface area contributed by atoms with Crippen molar-refractivity contribution < 1.29 is 31.1 Å². The molecule has 1 aliphatic carbocycles. The van der Waals surface area contributed by atoms with Crippen LogP contribution in [0.1, 0.15) is 50.7 Å². The molecule has 2 aliphatic rings. The summed E-state index contributed by atoms with van der Waals surface area (Å²) in [6, 6.07) is 20.3. The minimum Gasteiger partial charge on any atom is -1.00 e. The molecule has 1 fully saturated rings. The van der Waals surface area contributed by atoms with E-state index in [0.29, 0.717) is 12.5 Å². The molecule has 1 heterocycles. The lowest BCUT2D eigenvalue weighted by Gasteiger charge is -2.37. The predicted octanol–water partition coefficient (Wildman–Crippen LogP) is 0.314. The number of amidine groups is 1. The van der Waals surface area contributed by atoms with Crippen LogP contribution in [0, 0.1) is 5.92 Å². The summed E-state index contributed by atoms with van der Waals surface area (Å²) in [5, 5.41) is 0. The van der Waals surface area contributed by atoms with Crippen molar-refractivity contribution >= 4 is 17.6 Å². The molecular weight excluding hydrogens is 466 g/mol. The second-order valence-electron chi connectivity index (χ2n) is 8.71. The predicted molar refractivity (Wildman–Crippen MR) is 122 cm³/mol. The minimum absolute atomic E-state index is 0. The van der Waals surface area contributed by atoms with E-state index in [9.17, 15) is 9.59 Å². The third-order valence-corrected chi connectivity index (χ3v) is 7.28. The van der Waals surface area contributed by atoms with E-state index in [2.05, 4.69) is 4.90 Å². The molecule has 4 rings (SSSR count). The standard InChI is InChI=1S/C26H31N3O2.BrH/c1-3-24(30)29-17-16-28(19(29)2)23-15-14-22(18-23)26(25(27)31,20-10-6-4-7-11-20)21-12-8-5-9-13-21;/h4-13,22-23H,3,14-18H2,1-2H3,(H-,27,31);1H/t22-,23+;/m1./s1. The largest absolute Gasteiger partial charge is 1.00 e. The molecule has 0 bridgehead atoms. The molecule has 32 heavy (non-hydrogen) atoms. The summed E-state index contributed by atoms with van der Waals surface area (Å²) in [4.78, 5) is 27.9. The van der Waals surface area contributed by atoms with Crippen LogP contribution < -0.4 is 22.7 Å². The third kappa shape index (κ3) is 4.01. The number of nitrogens with zero attached hydrogens (tertiary/aromatic N) is 2. The Morgan fingerprint density at radius 2 is 1.59 bits per heavy atom. The molecule has 0 saturated heterocycles. The lowest BCUT2D eigenvalue weighted by Crippen LogP contribution is -3.00. The van der Waals surface area contributed by atoms with Gasteiger partial charge in [0.2, 0.25) is 5.91 Å². The van der Waals surface area contributed by atoms with Crippen LogP contribution in [-0.2, 0) is 15.0 Å². The fraction of sp³-hybridized carbons (Fsp3) is 0.423. The molecule has 170 valence electrons. The summed E-state index contributed by atoms with van der Waals surface area (Å²) in [5.74, 6) is 1.03. The summed E-state index contributed by atoms with van der Waals surface area (Å²) in [5.41, 5.74) is 7.28. The van der Waals surface area contributed by atoms with E-state index in [1.54, 1.807) is 0 Å². The van der Waals surface area contributed by atoms with Gasteiger partial charge in [0.05, 0.1) is 6.04 Å². The van der Waals surface area contributed by atoms with Crippen molar-refractivity contribution in [2.75, 3.05) is 13.1 Å². The number of halogens is 1. The fourth-order valence-corrected chi connectivity index (χ4v) is 5.79. The van der Waals surface area contributed by atoms with Crippen LogP contribution in [0.2, 0.25) is 0 Å². The van der Waals surface area contributed by atoms with Crippen molar-refractivity contribution in [3.8, 4) is 0 Å². The van der Waals surface area contributed by atoms with Gasteiger partial charge in [0.15, 0.2) is 0 Å². The molecule has 0 aromatic heterocycles. The Kier molecular flexibility index (Phi) is 7.55. The molecule has 2 atom stereocenters. The van der Waals surface area contributed by atoms with Crippen molar-refractivity contribution in [2.24, 2.45) is 11.7 Å². The van der Waals surface area contributed by atoms with Crippen molar-refractivity contribution in [3.05, 3.63) is 71.8 Å². The van der Waals surface area contributed by atoms with Gasteiger partial charge in [0, 0.05) is 13.3 Å². The van der Waals surface area contributed by atoms with Gasteiger partial charge >= 0.3 is 5.91 Å². The number of primary amides is 1. The monoisotopic (exact) mass is 497 g/mol. The normalized spacial score (nSPS) is 20.9. The first-order valence-corrected chi connectivity index (χ1v) is 11.3. The highest BCUT2D eigenvalue weighted by atomic mass is 79.9. The van der Waals surface area contributed by atoms with Gasteiger partial charge < -0.3 is 22.7 Å². The molecule has 2 aromatic carbocycles. The van der Waals surface area contributed by atoms with E-state index in [1.807, 2.05) is 79.1 Å². The average molecular weight is 498 g/mol. The lowest BCUT2D eigenvalue weighted by atomic mass is 9.64. The highest BCUT2D eigenvalue weighted by Gasteiger charge is 2.52. The van der Waals surface area contributed by atoms with Crippen LogP contribution in [0.5, 0.6) is 0 Å². The number of hydrogen-bond donors (Lipinski definition) is 1. The lowest BCUT2D eigenvalue weighted by molar-refractivity contribution is -0.439. The van der Waals surface area contributed by atoms with Crippen molar-refractivity contribution in [1.82, 2.24) is 4.90 Å². The molecule has 5 nitrogen and oxygen atoms in total. The maximum Gasteiger partial charge on any atom is 0.309 e. The van der Waals surface area contributed by atoms with E-state index >= 15 is 0 Å². The van der Waals surface area contributed by atoms with Gasteiger partial charge in [0.1, 0.15) is 18.5 Å². The summed E-state index contributed by atoms with van der Waals surface area (Å²) in [6.45, 7) is 5.56. The van der Waals surface area contributed by atoms with Crippen LogP contribution in [0.15, 0.2) is 60.7 Å². The molecule has 1 aliphatic heterocycles. The highest BCUT2D eigenvalue weighted by molar-refractivity contribution is 5.91. The Morgan fingerprint density at radius 3 is 2.09 bits per heavy atom. The maximum atomic E-state index is 13.2. The maximum absolute atomic E-state index is 13.2. The van der Waals surface area contributed by atoms with Crippen LogP contribution in [-0.4, -0.2) is 46.3 Å². The van der Waals surface area contributed by atoms with Gasteiger partial charge in [-0.05, 0) is 36.3 Å². The molecule has 2 amide bonds. The molecule has 6 heteroatoms. The van der Waals surface area contributed by atoms with Gasteiger partial charge in [0.25, 0.3) is 5.84 Å². The summed E-state index contributed by atoms with van der Waals surface area (Å²) < 4.78 is 1.91. The molecular formula is C26H32BrN3O2. The second kappa shape index (κ2) is 9.99. The minimum atomic E-state index is -0.857. The van der Waals surface area contributed by atoms with Crippen LogP contribution in [0.25, 0.3) is 0 Å². The summed E-state index contributed by atoms with van der Waals surface area (Å²) in [6.07, 6.45) is 3.30. The van der Waals surface area contributed by atoms with Gasteiger partial charge in [-0.3, -0.25) is 9.69 Å². The molecule has 0 unspecified atom stereocenters. The molecule has 2 N–H and O–H groups in total. The summed E-state index contributed by atoms with van der Waals surface area (Å²) in [7, 11) is 0. The Balaban J connectivity index is 0.00000289. The molecule has 0 spiro atoms. The van der Waals surface area contributed by atoms with Gasteiger partial charge in [-0.1, -0.05) is 67.6 Å². The zero-order valence-electron chi connectivity index (χ0n) is 18.8. The Hall–Kier alpha value is -2.47. The number of nitrogens with two attached hydrogens (primary N) is 1. The SMILES string of the molecule is CCC(=O)[N+]1=C(C)N([C@H]2CC[C@@H](C(C(N)=O)(c3ccccc3)c3ccccc3)C2)CC1.[Br-]. The first-order chi connectivity index (χ1) is 15.0. The Bertz CT molecular complexity index is 951. The van der Waals surface area contributed by atoms with E-state index in [-0.39, 0.29) is 34.7 Å². The first-order valence-electron chi connectivity index (χ1n) is 11.3. The Morgan fingerprint density at radius 1 is 1.03 bits per heavy atom. The van der Waals surface area contributed by atoms with Gasteiger partial charge in [-0.15, -0.1) is 0 Å². The number of amides is 2. The topological polar surface area (TPSA) is 66.4 Å². The number of benzene rings is 2. The molecule has 2 aromatic rings. The molecule has 0 radical (unpaired) electrons. The number of carbonyl (C=O) groups is 2. The zero-order chi connectivity index (χ0) is 22.0. The van der Waals surface area contributed by atoms with Gasteiger partial charge in [-0.25, -0.2) is 4.79 Å². The number of carbonyl (C=O) groups excluding carboxylic acids is 2. The van der Waals surface area contributed by atoms with E-state index in [0.717, 1.165) is 49.3 Å². The van der Waals surface area contributed by atoms with Crippen LogP contribution in [0.3, 0.4) is 0 Å². The fourth-order valence-electron chi connectivity index (χ4n) is 5.79. The second-order valence-corrected chi connectivity index (χ2v) is 8.71. The zero-order valence-corrected chi connectivity index (χ0v) is 20.4. The first kappa shape index (κ1) is 24.2. The van der Waals surface area contributed by atoms with Crippen LogP contribution in [0.4, 0.5) is 0 Å². The van der Waals surface area contributed by atoms with Crippen molar-refractivity contribution in [1.29, 1.82) is 0 Å². The van der Waals surface area contributed by atoms with Crippen molar-refractivity contribution in [3.63, 3.8) is 0 Å². The number of hydrogen-bond acceptors (Lipinski definition) is 3. The average Bonchev–Trinajstić information content (AvgIpc) is 3.42. The van der Waals surface area contributed by atoms with E-state index in [4.69, 9.17) is 5.73 Å². The smallest absolute Gasteiger partial charge is 0.309 e. The Labute approximate surface area is 201 Å².